The van der Waals surface area contributed by atoms with E-state index in [-0.39, 0.29) is 0 Å². The van der Waals surface area contributed by atoms with Crippen molar-refractivity contribution in [2.75, 3.05) is 13.6 Å². The lowest BCUT2D eigenvalue weighted by Gasteiger charge is -1.94. The maximum absolute atomic E-state index is 4.39. The third-order valence-electron chi connectivity index (χ3n) is 3.74. The van der Waals surface area contributed by atoms with E-state index in [2.05, 4.69) is 21.6 Å². The van der Waals surface area contributed by atoms with Gasteiger partial charge in [0, 0.05) is 11.3 Å². The Hall–Kier alpha value is -0.780. The van der Waals surface area contributed by atoms with Crippen molar-refractivity contribution in [1.82, 2.24) is 15.5 Å². The molecule has 1 aliphatic rings. The predicted molar refractivity (Wildman–Crippen MR) is 86.7 cm³/mol. The summed E-state index contributed by atoms with van der Waals surface area (Å²) in [5, 5.41) is 14.2. The van der Waals surface area contributed by atoms with Crippen molar-refractivity contribution < 1.29 is 0 Å². The van der Waals surface area contributed by atoms with Gasteiger partial charge in [-0.05, 0) is 57.3 Å². The van der Waals surface area contributed by atoms with E-state index in [4.69, 9.17) is 0 Å². The fraction of sp³-hybridized carbons (Fsp3) is 0.600. The molecule has 0 saturated heterocycles. The van der Waals surface area contributed by atoms with Gasteiger partial charge in [-0.25, -0.2) is 0 Å². The maximum atomic E-state index is 4.39. The third kappa shape index (κ3) is 3.27. The van der Waals surface area contributed by atoms with Crippen LogP contribution in [0.1, 0.15) is 41.1 Å². The van der Waals surface area contributed by atoms with Crippen molar-refractivity contribution in [1.29, 1.82) is 0 Å². The predicted octanol–water partition coefficient (Wildman–Crippen LogP) is 3.69. The van der Waals surface area contributed by atoms with E-state index in [1.54, 1.807) is 21.8 Å². The average Bonchev–Trinajstić information content (AvgIpc) is 3.02. The smallest absolute Gasteiger partial charge is 0.157 e. The molecule has 0 bridgehead atoms. The Bertz CT molecular complexity index is 536. The summed E-state index contributed by atoms with van der Waals surface area (Å²) in [6, 6.07) is 2.36. The lowest BCUT2D eigenvalue weighted by atomic mass is 10.1. The first kappa shape index (κ1) is 14.2. The Balaban J connectivity index is 1.73. The fourth-order valence-electron chi connectivity index (χ4n) is 2.64. The number of hydrogen-bond donors (Lipinski definition) is 1. The van der Waals surface area contributed by atoms with Crippen LogP contribution in [0.5, 0.6) is 0 Å². The van der Waals surface area contributed by atoms with Gasteiger partial charge < -0.3 is 5.32 Å². The highest BCUT2D eigenvalue weighted by Gasteiger charge is 2.15. The minimum absolute atomic E-state index is 1.03. The van der Waals surface area contributed by atoms with Crippen LogP contribution in [0.15, 0.2) is 6.07 Å². The molecule has 0 unspecified atom stereocenters. The number of nitrogens with zero attached hydrogens (tertiary/aromatic N) is 2. The van der Waals surface area contributed by atoms with Crippen molar-refractivity contribution in [3.8, 4) is 9.88 Å². The molecule has 2 aromatic heterocycles. The van der Waals surface area contributed by atoms with Gasteiger partial charge in [0.25, 0.3) is 0 Å². The zero-order valence-electron chi connectivity index (χ0n) is 11.9. The van der Waals surface area contributed by atoms with E-state index in [0.29, 0.717) is 0 Å². The summed E-state index contributed by atoms with van der Waals surface area (Å²) in [5.74, 6) is 0. The number of aromatic nitrogens is 2. The van der Waals surface area contributed by atoms with Crippen LogP contribution in [-0.4, -0.2) is 23.8 Å². The third-order valence-corrected chi connectivity index (χ3v) is 6.13. The zero-order valence-corrected chi connectivity index (χ0v) is 13.6. The number of hydrogen-bond acceptors (Lipinski definition) is 5. The second-order valence-corrected chi connectivity index (χ2v) is 7.53. The zero-order chi connectivity index (χ0) is 13.8. The van der Waals surface area contributed by atoms with E-state index in [1.165, 1.54) is 42.0 Å². The van der Waals surface area contributed by atoms with Gasteiger partial charge in [-0.2, -0.15) is 0 Å². The second kappa shape index (κ2) is 6.78. The molecule has 108 valence electrons. The SMILES string of the molecule is CNCCCc1nnc(-c2cc3c(s2)CCCCC3)s1. The van der Waals surface area contributed by atoms with Gasteiger partial charge in [0.15, 0.2) is 5.01 Å². The Morgan fingerprint density at radius 3 is 2.95 bits per heavy atom. The molecule has 5 heteroatoms. The normalized spacial score (nSPS) is 15.1. The van der Waals surface area contributed by atoms with E-state index in [0.717, 1.165) is 24.4 Å². The molecule has 1 N–H and O–H groups in total. The van der Waals surface area contributed by atoms with Crippen LogP contribution in [0.3, 0.4) is 0 Å². The fourth-order valence-corrected chi connectivity index (χ4v) is 4.82. The van der Waals surface area contributed by atoms with Crippen molar-refractivity contribution in [2.24, 2.45) is 0 Å². The van der Waals surface area contributed by atoms with Crippen LogP contribution in [0.25, 0.3) is 9.88 Å². The quantitative estimate of drug-likeness (QED) is 0.676. The molecule has 0 atom stereocenters. The number of nitrogens with one attached hydrogen (secondary N) is 1. The summed E-state index contributed by atoms with van der Waals surface area (Å²) in [4.78, 5) is 2.92. The molecule has 20 heavy (non-hydrogen) atoms. The minimum Gasteiger partial charge on any atom is -0.320 e. The van der Waals surface area contributed by atoms with Crippen LogP contribution in [0.2, 0.25) is 0 Å². The molecule has 1 aliphatic carbocycles. The number of fused-ring (bicyclic) bond motifs is 1. The molecule has 0 aliphatic heterocycles. The van der Waals surface area contributed by atoms with Crippen molar-refractivity contribution in [2.45, 2.75) is 44.9 Å². The summed E-state index contributed by atoms with van der Waals surface area (Å²) < 4.78 is 0. The topological polar surface area (TPSA) is 37.8 Å². The average molecular weight is 307 g/mol. The summed E-state index contributed by atoms with van der Waals surface area (Å²) in [7, 11) is 1.99. The number of thiophene rings is 1. The summed E-state index contributed by atoms with van der Waals surface area (Å²) >= 11 is 3.70. The van der Waals surface area contributed by atoms with Gasteiger partial charge >= 0.3 is 0 Å². The Labute approximate surface area is 128 Å². The minimum atomic E-state index is 1.03. The summed E-state index contributed by atoms with van der Waals surface area (Å²) in [6.45, 7) is 1.04. The van der Waals surface area contributed by atoms with Crippen LogP contribution in [-0.2, 0) is 19.3 Å². The van der Waals surface area contributed by atoms with Crippen molar-refractivity contribution >= 4 is 22.7 Å². The van der Waals surface area contributed by atoms with Gasteiger partial charge in [0.05, 0.1) is 4.88 Å². The molecule has 0 radical (unpaired) electrons. The highest BCUT2D eigenvalue weighted by Crippen LogP contribution is 2.36. The molecule has 3 rings (SSSR count). The van der Waals surface area contributed by atoms with Gasteiger partial charge in [0.2, 0.25) is 0 Å². The van der Waals surface area contributed by atoms with Crippen LogP contribution in [0.4, 0.5) is 0 Å². The standard InChI is InChI=1S/C15H21N3S2/c1-16-9-5-8-14-17-18-15(20-14)13-10-11-6-3-2-4-7-12(11)19-13/h10,16H,2-9H2,1H3. The van der Waals surface area contributed by atoms with E-state index in [9.17, 15) is 0 Å². The first-order chi connectivity index (χ1) is 9.86. The monoisotopic (exact) mass is 307 g/mol. The largest absolute Gasteiger partial charge is 0.320 e. The van der Waals surface area contributed by atoms with Crippen molar-refractivity contribution in [3.05, 3.63) is 21.5 Å². The van der Waals surface area contributed by atoms with Gasteiger partial charge in [-0.15, -0.1) is 21.5 Å². The number of aryl methyl sites for hydroxylation is 3. The maximum Gasteiger partial charge on any atom is 0.157 e. The Morgan fingerprint density at radius 2 is 2.05 bits per heavy atom. The molecular weight excluding hydrogens is 286 g/mol. The molecule has 0 spiro atoms. The van der Waals surface area contributed by atoms with Crippen molar-refractivity contribution in [3.63, 3.8) is 0 Å². The Kier molecular flexibility index (Phi) is 4.81. The Morgan fingerprint density at radius 1 is 1.15 bits per heavy atom. The highest BCUT2D eigenvalue weighted by atomic mass is 32.1. The van der Waals surface area contributed by atoms with Gasteiger partial charge in [-0.1, -0.05) is 17.8 Å². The molecular formula is C15H21N3S2. The summed E-state index contributed by atoms with van der Waals surface area (Å²) in [5.41, 5.74) is 1.56. The molecule has 0 aromatic carbocycles. The van der Waals surface area contributed by atoms with E-state index >= 15 is 0 Å². The second-order valence-electron chi connectivity index (χ2n) is 5.33. The molecule has 2 aromatic rings. The van der Waals surface area contributed by atoms with Crippen LogP contribution >= 0.6 is 22.7 Å². The first-order valence-corrected chi connectivity index (χ1v) is 9.09. The lowest BCUT2D eigenvalue weighted by Crippen LogP contribution is -2.08. The lowest BCUT2D eigenvalue weighted by molar-refractivity contribution is 0.713. The van der Waals surface area contributed by atoms with E-state index < -0.39 is 0 Å². The summed E-state index contributed by atoms with van der Waals surface area (Å²) in [6.07, 6.45) is 8.74. The number of rotatable bonds is 5. The molecule has 0 fully saturated rings. The molecule has 3 nitrogen and oxygen atoms in total. The molecule has 2 heterocycles. The van der Waals surface area contributed by atoms with Crippen LogP contribution in [0, 0.1) is 0 Å². The van der Waals surface area contributed by atoms with E-state index in [1.807, 2.05) is 18.4 Å². The molecule has 0 saturated carbocycles. The highest BCUT2D eigenvalue weighted by molar-refractivity contribution is 7.21. The van der Waals surface area contributed by atoms with Crippen LogP contribution < -0.4 is 5.32 Å². The first-order valence-electron chi connectivity index (χ1n) is 7.46. The van der Waals surface area contributed by atoms with Gasteiger partial charge in [0.1, 0.15) is 5.01 Å². The molecule has 0 amide bonds. The van der Waals surface area contributed by atoms with Gasteiger partial charge in [-0.3, -0.25) is 0 Å².